The van der Waals surface area contributed by atoms with Crippen molar-refractivity contribution >= 4 is 0 Å². The largest absolute Gasteiger partial charge is 0.313 e. The minimum atomic E-state index is 0.268. The molecule has 0 aliphatic rings. The second-order valence-corrected chi connectivity index (χ2v) is 5.87. The number of hydrogen-bond donors (Lipinski definition) is 1. The van der Waals surface area contributed by atoms with Gasteiger partial charge in [0.2, 0.25) is 0 Å². The molecule has 18 heavy (non-hydrogen) atoms. The van der Waals surface area contributed by atoms with Gasteiger partial charge < -0.3 is 5.32 Å². The molecule has 4 nitrogen and oxygen atoms in total. The first kappa shape index (κ1) is 15.2. The molecule has 1 rings (SSSR count). The Labute approximate surface area is 111 Å². The van der Waals surface area contributed by atoms with Crippen molar-refractivity contribution < 1.29 is 0 Å². The average Bonchev–Trinajstić information content (AvgIpc) is 2.76. The number of likely N-dealkylation sites (N-methyl/N-ethyl adjacent to an activating group) is 1. The predicted octanol–water partition coefficient (Wildman–Crippen LogP) is 2.82. The third kappa shape index (κ3) is 3.55. The molecule has 0 saturated carbocycles. The Bertz CT molecular complexity index is 354. The van der Waals surface area contributed by atoms with E-state index in [9.17, 15) is 0 Å². The number of nitrogens with one attached hydrogen (secondary N) is 1. The van der Waals surface area contributed by atoms with Crippen molar-refractivity contribution in [3.8, 4) is 0 Å². The van der Waals surface area contributed by atoms with Crippen LogP contribution in [0.15, 0.2) is 6.33 Å². The van der Waals surface area contributed by atoms with Crippen LogP contribution in [0.3, 0.4) is 0 Å². The smallest absolute Gasteiger partial charge is 0.138 e. The molecule has 1 atom stereocenters. The molecule has 0 spiro atoms. The molecule has 0 radical (unpaired) electrons. The second-order valence-electron chi connectivity index (χ2n) is 5.87. The molecular formula is C14H28N4. The molecule has 4 heteroatoms. The Balaban J connectivity index is 2.86. The maximum Gasteiger partial charge on any atom is 0.138 e. The van der Waals surface area contributed by atoms with E-state index in [-0.39, 0.29) is 5.41 Å². The number of rotatable bonds is 7. The first-order chi connectivity index (χ1) is 8.42. The van der Waals surface area contributed by atoms with E-state index in [1.165, 1.54) is 0 Å². The summed E-state index contributed by atoms with van der Waals surface area (Å²) >= 11 is 0. The van der Waals surface area contributed by atoms with Crippen LogP contribution in [0.5, 0.6) is 0 Å². The highest BCUT2D eigenvalue weighted by Gasteiger charge is 2.28. The van der Waals surface area contributed by atoms with Crippen LogP contribution in [0.25, 0.3) is 0 Å². The monoisotopic (exact) mass is 252 g/mol. The first-order valence-corrected chi connectivity index (χ1v) is 7.04. The molecule has 1 N–H and O–H groups in total. The summed E-state index contributed by atoms with van der Waals surface area (Å²) in [5.74, 6) is 1.08. The van der Waals surface area contributed by atoms with Crippen molar-refractivity contribution in [2.45, 2.75) is 66.5 Å². The van der Waals surface area contributed by atoms with Gasteiger partial charge in [0.1, 0.15) is 12.2 Å². The fraction of sp³-hybridized carbons (Fsp3) is 0.857. The van der Waals surface area contributed by atoms with Crippen molar-refractivity contribution in [1.82, 2.24) is 20.1 Å². The predicted molar refractivity (Wildman–Crippen MR) is 75.6 cm³/mol. The Kier molecular flexibility index (Phi) is 5.32. The molecule has 0 bridgehead atoms. The molecule has 1 heterocycles. The van der Waals surface area contributed by atoms with E-state index in [0.717, 1.165) is 25.2 Å². The van der Waals surface area contributed by atoms with Gasteiger partial charge in [-0.2, -0.15) is 5.10 Å². The molecule has 0 fully saturated rings. The maximum atomic E-state index is 4.42. The van der Waals surface area contributed by atoms with E-state index in [2.05, 4.69) is 56.9 Å². The molecule has 1 aromatic heterocycles. The van der Waals surface area contributed by atoms with Crippen LogP contribution in [0.1, 0.15) is 59.8 Å². The number of nitrogens with zero attached hydrogens (tertiary/aromatic N) is 3. The van der Waals surface area contributed by atoms with E-state index in [1.807, 2.05) is 4.68 Å². The third-order valence-electron chi connectivity index (χ3n) is 3.83. The lowest BCUT2D eigenvalue weighted by molar-refractivity contribution is 0.227. The van der Waals surface area contributed by atoms with E-state index in [4.69, 9.17) is 0 Å². The van der Waals surface area contributed by atoms with Gasteiger partial charge in [0.25, 0.3) is 0 Å². The van der Waals surface area contributed by atoms with Crippen LogP contribution in [-0.2, 0) is 6.42 Å². The van der Waals surface area contributed by atoms with Gasteiger partial charge in [0, 0.05) is 18.5 Å². The normalized spacial score (nSPS) is 14.2. The van der Waals surface area contributed by atoms with Gasteiger partial charge in [0.05, 0.1) is 0 Å². The minimum Gasteiger partial charge on any atom is -0.313 e. The minimum absolute atomic E-state index is 0.268. The molecule has 1 unspecified atom stereocenters. The summed E-state index contributed by atoms with van der Waals surface area (Å²) in [6, 6.07) is 0.809. The van der Waals surface area contributed by atoms with Crippen LogP contribution >= 0.6 is 0 Å². The summed E-state index contributed by atoms with van der Waals surface area (Å²) in [6.07, 6.45) is 3.75. The molecule has 104 valence electrons. The summed E-state index contributed by atoms with van der Waals surface area (Å²) in [5, 5.41) is 7.91. The second kappa shape index (κ2) is 6.32. The van der Waals surface area contributed by atoms with Gasteiger partial charge in [-0.1, -0.05) is 27.7 Å². The van der Waals surface area contributed by atoms with E-state index in [1.54, 1.807) is 6.33 Å². The summed E-state index contributed by atoms with van der Waals surface area (Å²) < 4.78 is 2.02. The lowest BCUT2D eigenvalue weighted by atomic mass is 9.80. The Morgan fingerprint density at radius 2 is 2.00 bits per heavy atom. The molecule has 1 aromatic rings. The highest BCUT2D eigenvalue weighted by molar-refractivity contribution is 4.96. The summed E-state index contributed by atoms with van der Waals surface area (Å²) in [7, 11) is 0. The molecule has 0 aliphatic carbocycles. The van der Waals surface area contributed by atoms with Gasteiger partial charge in [-0.3, -0.25) is 0 Å². The van der Waals surface area contributed by atoms with Gasteiger partial charge in [-0.05, 0) is 32.2 Å². The van der Waals surface area contributed by atoms with Crippen molar-refractivity contribution in [2.75, 3.05) is 6.54 Å². The van der Waals surface area contributed by atoms with Crippen LogP contribution < -0.4 is 5.32 Å². The van der Waals surface area contributed by atoms with Crippen LogP contribution in [-0.4, -0.2) is 27.4 Å². The van der Waals surface area contributed by atoms with Gasteiger partial charge in [-0.25, -0.2) is 9.67 Å². The standard InChI is InChI=1S/C14H28N4/c1-7-14(5,6)12(15-8-2)9-13-16-10-17-18(13)11(3)4/h10-12,15H,7-9H2,1-6H3. The van der Waals surface area contributed by atoms with Gasteiger partial charge >= 0.3 is 0 Å². The average molecular weight is 252 g/mol. The molecule has 0 saturated heterocycles. The zero-order valence-electron chi connectivity index (χ0n) is 12.7. The fourth-order valence-corrected chi connectivity index (χ4v) is 2.15. The molecule has 0 aliphatic heterocycles. The van der Waals surface area contributed by atoms with E-state index < -0.39 is 0 Å². The van der Waals surface area contributed by atoms with Gasteiger partial charge in [-0.15, -0.1) is 0 Å². The fourth-order valence-electron chi connectivity index (χ4n) is 2.15. The molecular weight excluding hydrogens is 224 g/mol. The topological polar surface area (TPSA) is 42.7 Å². The quantitative estimate of drug-likeness (QED) is 0.811. The Hall–Kier alpha value is -0.900. The highest BCUT2D eigenvalue weighted by Crippen LogP contribution is 2.27. The lowest BCUT2D eigenvalue weighted by Crippen LogP contribution is -2.43. The SMILES string of the molecule is CCNC(Cc1ncnn1C(C)C)C(C)(C)CC. The Morgan fingerprint density at radius 1 is 1.33 bits per heavy atom. The maximum absolute atomic E-state index is 4.42. The summed E-state index contributed by atoms with van der Waals surface area (Å²) in [4.78, 5) is 4.42. The van der Waals surface area contributed by atoms with Crippen molar-refractivity contribution in [3.05, 3.63) is 12.2 Å². The zero-order valence-corrected chi connectivity index (χ0v) is 12.7. The zero-order chi connectivity index (χ0) is 13.8. The lowest BCUT2D eigenvalue weighted by Gasteiger charge is -2.34. The van der Waals surface area contributed by atoms with Crippen LogP contribution in [0.4, 0.5) is 0 Å². The summed E-state index contributed by atoms with van der Waals surface area (Å²) in [6.45, 7) is 14.3. The van der Waals surface area contributed by atoms with Crippen LogP contribution in [0, 0.1) is 5.41 Å². The van der Waals surface area contributed by atoms with E-state index in [0.29, 0.717) is 12.1 Å². The van der Waals surface area contributed by atoms with Crippen molar-refractivity contribution in [3.63, 3.8) is 0 Å². The first-order valence-electron chi connectivity index (χ1n) is 7.04. The number of aromatic nitrogens is 3. The van der Waals surface area contributed by atoms with Crippen molar-refractivity contribution in [1.29, 1.82) is 0 Å². The number of hydrogen-bond acceptors (Lipinski definition) is 3. The Morgan fingerprint density at radius 3 is 2.50 bits per heavy atom. The highest BCUT2D eigenvalue weighted by atomic mass is 15.3. The third-order valence-corrected chi connectivity index (χ3v) is 3.83. The van der Waals surface area contributed by atoms with Crippen LogP contribution in [0.2, 0.25) is 0 Å². The van der Waals surface area contributed by atoms with Gasteiger partial charge in [0.15, 0.2) is 0 Å². The van der Waals surface area contributed by atoms with Crippen molar-refractivity contribution in [2.24, 2.45) is 5.41 Å². The summed E-state index contributed by atoms with van der Waals surface area (Å²) in [5.41, 5.74) is 0.268. The molecule has 0 aromatic carbocycles. The van der Waals surface area contributed by atoms with E-state index >= 15 is 0 Å². The molecule has 0 amide bonds.